The lowest BCUT2D eigenvalue weighted by Gasteiger charge is -2.53. The third-order valence-corrected chi connectivity index (χ3v) is 10.8. The van der Waals surface area contributed by atoms with Gasteiger partial charge >= 0.3 is 18.3 Å². The maximum absolute atomic E-state index is 14.0. The first kappa shape index (κ1) is 36.0. The van der Waals surface area contributed by atoms with Crippen LogP contribution in [0.1, 0.15) is 36.8 Å². The first-order valence-electron chi connectivity index (χ1n) is 17.3. The monoisotopic (exact) mass is 743 g/mol. The number of alkyl halides is 3. The van der Waals surface area contributed by atoms with Crippen LogP contribution in [0.4, 0.5) is 23.8 Å². The van der Waals surface area contributed by atoms with E-state index >= 15 is 0 Å². The number of methoxy groups -OCH3 is 1. The van der Waals surface area contributed by atoms with Crippen LogP contribution >= 0.6 is 11.6 Å². The number of aromatic amines is 1. The smallest absolute Gasteiger partial charge is 0.422 e. The maximum Gasteiger partial charge on any atom is 0.422 e. The molecule has 0 saturated carbocycles. The minimum atomic E-state index is -4.65. The van der Waals surface area contributed by atoms with E-state index in [9.17, 15) is 23.1 Å². The summed E-state index contributed by atoms with van der Waals surface area (Å²) in [7, 11) is 1.67. The molecule has 278 valence electrons. The molecular weight excluding hydrogens is 703 g/mol. The number of halogens is 4. The summed E-state index contributed by atoms with van der Waals surface area (Å²) in [5, 5.41) is 17.8. The number of aromatic nitrogens is 4. The van der Waals surface area contributed by atoms with E-state index in [0.29, 0.717) is 84.4 Å². The van der Waals surface area contributed by atoms with Crippen LogP contribution in [0.5, 0.6) is 11.8 Å². The molecule has 3 fully saturated rings. The fraction of sp³-hybridized carbons (Fsp3) is 0.500. The lowest BCUT2D eigenvalue weighted by molar-refractivity contribution is -0.153. The Morgan fingerprint density at radius 3 is 2.54 bits per heavy atom. The molecule has 7 rings (SSSR count). The number of benzene rings is 2. The molecule has 1 amide bonds. The topological polar surface area (TPSA) is 129 Å². The van der Waals surface area contributed by atoms with Crippen molar-refractivity contribution < 1.29 is 37.3 Å². The minimum absolute atomic E-state index is 0.0456. The van der Waals surface area contributed by atoms with E-state index < -0.39 is 18.9 Å². The Kier molecular flexibility index (Phi) is 9.87. The molecule has 3 aliphatic heterocycles. The largest absolute Gasteiger partial charge is 0.481 e. The van der Waals surface area contributed by atoms with E-state index in [2.05, 4.69) is 26.6 Å². The van der Waals surface area contributed by atoms with Gasteiger partial charge in [-0.1, -0.05) is 30.3 Å². The molecule has 3 aliphatic rings. The summed E-state index contributed by atoms with van der Waals surface area (Å²) in [6.07, 6.45) is -1.34. The predicted octanol–water partition coefficient (Wildman–Crippen LogP) is 6.79. The summed E-state index contributed by atoms with van der Waals surface area (Å²) < 4.78 is 59.3. The van der Waals surface area contributed by atoms with Crippen LogP contribution in [-0.2, 0) is 4.74 Å². The SMILES string of the molecule is C=Cc1cc2c(N3CCC4(CC3)CN(C(=O)O)C4)nc(OC3CCN(CCOC)CC3)nc2c(OCC(F)(F)F)c1-c1c(C)ccc2n[nH]c(Cl)c12. The van der Waals surface area contributed by atoms with Gasteiger partial charge in [0.05, 0.1) is 12.1 Å². The zero-order valence-electron chi connectivity index (χ0n) is 29.1. The fourth-order valence-corrected chi connectivity index (χ4v) is 7.99. The number of hydrogen-bond donors (Lipinski definition) is 2. The van der Waals surface area contributed by atoms with E-state index in [1.807, 2.05) is 19.1 Å². The molecule has 5 heterocycles. The first-order chi connectivity index (χ1) is 24.9. The van der Waals surface area contributed by atoms with Gasteiger partial charge in [-0.05, 0) is 55.9 Å². The Balaban J connectivity index is 1.37. The van der Waals surface area contributed by atoms with Gasteiger partial charge in [-0.15, -0.1) is 0 Å². The Hall–Kier alpha value is -4.34. The van der Waals surface area contributed by atoms with Crippen molar-refractivity contribution in [2.45, 2.75) is 44.9 Å². The second kappa shape index (κ2) is 14.2. The average molecular weight is 744 g/mol. The third-order valence-electron chi connectivity index (χ3n) is 10.5. The van der Waals surface area contributed by atoms with Crippen LogP contribution in [0.2, 0.25) is 5.15 Å². The van der Waals surface area contributed by atoms with Gasteiger partial charge in [-0.25, -0.2) is 4.79 Å². The summed E-state index contributed by atoms with van der Waals surface area (Å²) in [6.45, 7) is 9.39. The molecule has 2 N–H and O–H groups in total. The van der Waals surface area contributed by atoms with Crippen molar-refractivity contribution in [1.29, 1.82) is 0 Å². The normalized spacial score (nSPS) is 18.3. The summed E-state index contributed by atoms with van der Waals surface area (Å²) in [5.74, 6) is 0.412. The van der Waals surface area contributed by atoms with Crippen molar-refractivity contribution in [2.75, 3.05) is 71.0 Å². The van der Waals surface area contributed by atoms with Crippen LogP contribution in [0.3, 0.4) is 0 Å². The van der Waals surface area contributed by atoms with Gasteiger partial charge in [0.1, 0.15) is 22.6 Å². The van der Waals surface area contributed by atoms with E-state index in [4.69, 9.17) is 35.8 Å². The molecule has 16 heteroatoms. The highest BCUT2D eigenvalue weighted by Gasteiger charge is 2.47. The second-order valence-corrected chi connectivity index (χ2v) is 14.3. The summed E-state index contributed by atoms with van der Waals surface area (Å²) in [5.41, 5.74) is 2.72. The van der Waals surface area contributed by atoms with Crippen molar-refractivity contribution >= 4 is 51.4 Å². The number of hydrogen-bond acceptors (Lipinski definition) is 9. The number of H-pyrrole nitrogens is 1. The van der Waals surface area contributed by atoms with Crippen molar-refractivity contribution in [2.24, 2.45) is 5.41 Å². The Bertz CT molecular complexity index is 1980. The molecular formula is C36H41ClF3N7O5. The first-order valence-corrected chi connectivity index (χ1v) is 17.7. The quantitative estimate of drug-likeness (QED) is 0.179. The van der Waals surface area contributed by atoms with Crippen molar-refractivity contribution in [3.05, 3.63) is 41.1 Å². The van der Waals surface area contributed by atoms with Gasteiger partial charge in [0.15, 0.2) is 12.4 Å². The fourth-order valence-electron chi connectivity index (χ4n) is 7.75. The van der Waals surface area contributed by atoms with E-state index in [1.54, 1.807) is 19.3 Å². The Morgan fingerprint density at radius 2 is 1.88 bits per heavy atom. The van der Waals surface area contributed by atoms with Crippen molar-refractivity contribution in [3.63, 3.8) is 0 Å². The van der Waals surface area contributed by atoms with Crippen LogP contribution in [0.15, 0.2) is 24.8 Å². The van der Waals surface area contributed by atoms with Crippen molar-refractivity contribution in [3.8, 4) is 22.9 Å². The standard InChI is InChI=1S/C36H41ClF3N7O5/c1-4-22-17-24-29(30(51-20-36(38,39)40)27(22)26-21(2)5-6-25-28(26)31(37)44-43-25)41-33(52-23-7-11-45(12-8-23)15-16-50-3)42-32(24)46-13-9-35(10-14-46)18-47(19-35)34(48)49/h4-6,17,23H,1,7-16,18-20H2,2-3H3,(H,43,44)(H,48,49). The van der Waals surface area contributed by atoms with Gasteiger partial charge in [-0.3, -0.25) is 5.10 Å². The second-order valence-electron chi connectivity index (χ2n) is 14.0. The molecule has 0 radical (unpaired) electrons. The molecule has 12 nitrogen and oxygen atoms in total. The van der Waals surface area contributed by atoms with Gasteiger partial charge in [0.2, 0.25) is 0 Å². The molecule has 0 bridgehead atoms. The number of fused-ring (bicyclic) bond motifs is 2. The van der Waals surface area contributed by atoms with Crippen LogP contribution in [0.25, 0.3) is 39.0 Å². The third kappa shape index (κ3) is 7.05. The molecule has 1 spiro atoms. The van der Waals surface area contributed by atoms with Gasteiger partial charge < -0.3 is 34.0 Å². The molecule has 2 aromatic heterocycles. The number of nitrogens with one attached hydrogen (secondary N) is 1. The highest BCUT2D eigenvalue weighted by molar-refractivity contribution is 6.35. The van der Waals surface area contributed by atoms with Crippen LogP contribution < -0.4 is 14.4 Å². The minimum Gasteiger partial charge on any atom is -0.481 e. The number of ether oxygens (including phenoxy) is 3. The lowest BCUT2D eigenvalue weighted by Crippen LogP contribution is -2.61. The number of carboxylic acid groups (broad SMARTS) is 1. The number of carbonyl (C=O) groups is 1. The number of aryl methyl sites for hydroxylation is 1. The number of piperidine rings is 2. The molecule has 0 atom stereocenters. The van der Waals surface area contributed by atoms with Gasteiger partial charge in [0.25, 0.3) is 0 Å². The molecule has 4 aromatic rings. The Morgan fingerprint density at radius 1 is 1.15 bits per heavy atom. The molecule has 52 heavy (non-hydrogen) atoms. The average Bonchev–Trinajstić information content (AvgIpc) is 3.48. The zero-order chi connectivity index (χ0) is 36.8. The molecule has 2 aromatic carbocycles. The van der Waals surface area contributed by atoms with Crippen LogP contribution in [-0.4, -0.2) is 120 Å². The molecule has 0 unspecified atom stereocenters. The Labute approximate surface area is 303 Å². The lowest BCUT2D eigenvalue weighted by atomic mass is 9.72. The van der Waals surface area contributed by atoms with E-state index in [-0.39, 0.29) is 33.9 Å². The number of nitrogens with zero attached hydrogens (tertiary/aromatic N) is 6. The van der Waals surface area contributed by atoms with Gasteiger partial charge in [0, 0.05) is 80.2 Å². The van der Waals surface area contributed by atoms with Crippen molar-refractivity contribution in [1.82, 2.24) is 30.0 Å². The molecule has 0 aliphatic carbocycles. The summed E-state index contributed by atoms with van der Waals surface area (Å²) in [4.78, 5) is 27.0. The number of rotatable bonds is 10. The van der Waals surface area contributed by atoms with Crippen LogP contribution in [0, 0.1) is 12.3 Å². The maximum atomic E-state index is 14.0. The highest BCUT2D eigenvalue weighted by atomic mass is 35.5. The zero-order valence-corrected chi connectivity index (χ0v) is 29.8. The summed E-state index contributed by atoms with van der Waals surface area (Å²) >= 11 is 6.62. The number of amides is 1. The molecule has 3 saturated heterocycles. The number of anilines is 1. The number of likely N-dealkylation sites (tertiary alicyclic amines) is 2. The van der Waals surface area contributed by atoms with Gasteiger partial charge in [-0.2, -0.15) is 28.2 Å². The van der Waals surface area contributed by atoms with E-state index in [1.165, 1.54) is 4.90 Å². The van der Waals surface area contributed by atoms with E-state index in [0.717, 1.165) is 38.0 Å². The summed E-state index contributed by atoms with van der Waals surface area (Å²) in [6, 6.07) is 5.49. The predicted molar refractivity (Wildman–Crippen MR) is 191 cm³/mol. The highest BCUT2D eigenvalue weighted by Crippen LogP contribution is 2.48.